The molecular formula is C28H39N3O5. The standard InChI is InChI=1S/C28H39N3O5/c1-31-23-12-11-21(15-26(32)29-16-18-6-3-2-4-7-18)36-25(23)17-35-24-13-10-20(14-22(24)28(31)34)30-27(33)19-8-5-9-19/h10,13-14,18-19,21,23,25H,2-9,11-12,15-17H2,1H3,(H,29,32)(H,30,33)/t21-,23+,25+/m0/s1. The summed E-state index contributed by atoms with van der Waals surface area (Å²) in [6.45, 7) is 1.07. The van der Waals surface area contributed by atoms with Gasteiger partial charge in [0.25, 0.3) is 5.91 Å². The smallest absolute Gasteiger partial charge is 0.257 e. The van der Waals surface area contributed by atoms with Gasteiger partial charge < -0.3 is 25.0 Å². The van der Waals surface area contributed by atoms with Gasteiger partial charge in [-0.2, -0.15) is 0 Å². The minimum atomic E-state index is -0.296. The van der Waals surface area contributed by atoms with Crippen LogP contribution in [0.4, 0.5) is 5.69 Å². The fourth-order valence-corrected chi connectivity index (χ4v) is 5.95. The quantitative estimate of drug-likeness (QED) is 0.622. The third-order valence-corrected chi connectivity index (χ3v) is 8.48. The summed E-state index contributed by atoms with van der Waals surface area (Å²) in [7, 11) is 1.80. The summed E-state index contributed by atoms with van der Waals surface area (Å²) < 4.78 is 12.4. The molecule has 0 aromatic heterocycles. The molecule has 0 radical (unpaired) electrons. The minimum absolute atomic E-state index is 0.0170. The predicted octanol–water partition coefficient (Wildman–Crippen LogP) is 3.89. The summed E-state index contributed by atoms with van der Waals surface area (Å²) in [5.74, 6) is 1.08. The van der Waals surface area contributed by atoms with Gasteiger partial charge in [0.1, 0.15) is 18.5 Å². The second-order valence-corrected chi connectivity index (χ2v) is 11.0. The summed E-state index contributed by atoms with van der Waals surface area (Å²) in [4.78, 5) is 40.1. The Morgan fingerprint density at radius 1 is 1.03 bits per heavy atom. The molecule has 1 aromatic carbocycles. The van der Waals surface area contributed by atoms with Gasteiger partial charge in [-0.05, 0) is 62.6 Å². The molecule has 0 bridgehead atoms. The Morgan fingerprint density at radius 2 is 1.83 bits per heavy atom. The van der Waals surface area contributed by atoms with Crippen LogP contribution in [0.15, 0.2) is 18.2 Å². The maximum Gasteiger partial charge on any atom is 0.257 e. The van der Waals surface area contributed by atoms with Gasteiger partial charge in [0.05, 0.1) is 24.1 Å². The predicted molar refractivity (Wildman–Crippen MR) is 136 cm³/mol. The molecule has 2 saturated carbocycles. The number of ether oxygens (including phenoxy) is 2. The van der Waals surface area contributed by atoms with Crippen molar-refractivity contribution in [1.29, 1.82) is 0 Å². The van der Waals surface area contributed by atoms with Crippen molar-refractivity contribution in [1.82, 2.24) is 10.2 Å². The third kappa shape index (κ3) is 5.69. The molecule has 196 valence electrons. The Bertz CT molecular complexity index is 972. The SMILES string of the molecule is CN1C(=O)c2cc(NC(=O)C3CCC3)ccc2OC[C@H]2O[C@H](CC(=O)NCC3CCCCC3)CC[C@H]21. The summed E-state index contributed by atoms with van der Waals surface area (Å²) in [6, 6.07) is 5.12. The normalized spacial score (nSPS) is 27.0. The van der Waals surface area contributed by atoms with E-state index in [4.69, 9.17) is 9.47 Å². The molecule has 5 rings (SSSR count). The van der Waals surface area contributed by atoms with E-state index in [-0.39, 0.29) is 41.9 Å². The van der Waals surface area contributed by atoms with Gasteiger partial charge in [0.2, 0.25) is 11.8 Å². The summed E-state index contributed by atoms with van der Waals surface area (Å²) in [5, 5.41) is 6.06. The lowest BCUT2D eigenvalue weighted by Crippen LogP contribution is -2.54. The zero-order chi connectivity index (χ0) is 25.1. The van der Waals surface area contributed by atoms with E-state index in [2.05, 4.69) is 10.6 Å². The average molecular weight is 498 g/mol. The van der Waals surface area contributed by atoms with Crippen LogP contribution in [-0.4, -0.2) is 61.1 Å². The van der Waals surface area contributed by atoms with E-state index in [1.165, 1.54) is 32.1 Å². The van der Waals surface area contributed by atoms with Crippen molar-refractivity contribution in [2.45, 2.75) is 88.9 Å². The summed E-state index contributed by atoms with van der Waals surface area (Å²) in [5.41, 5.74) is 1.07. The molecule has 1 aromatic rings. The van der Waals surface area contributed by atoms with Crippen LogP contribution in [0.2, 0.25) is 0 Å². The first kappa shape index (κ1) is 25.1. The van der Waals surface area contributed by atoms with Crippen LogP contribution in [-0.2, 0) is 14.3 Å². The zero-order valence-electron chi connectivity index (χ0n) is 21.3. The van der Waals surface area contributed by atoms with Crippen LogP contribution in [0.3, 0.4) is 0 Å². The fourth-order valence-electron chi connectivity index (χ4n) is 5.95. The van der Waals surface area contributed by atoms with E-state index in [0.29, 0.717) is 35.9 Å². The van der Waals surface area contributed by atoms with E-state index in [9.17, 15) is 14.4 Å². The molecule has 8 nitrogen and oxygen atoms in total. The average Bonchev–Trinajstić information content (AvgIpc) is 2.85. The van der Waals surface area contributed by atoms with Crippen molar-refractivity contribution in [2.75, 3.05) is 25.5 Å². The number of anilines is 1. The van der Waals surface area contributed by atoms with E-state index in [0.717, 1.165) is 38.6 Å². The molecule has 2 aliphatic heterocycles. The molecule has 36 heavy (non-hydrogen) atoms. The Labute approximate surface area is 213 Å². The highest BCUT2D eigenvalue weighted by Crippen LogP contribution is 2.33. The van der Waals surface area contributed by atoms with Crippen molar-refractivity contribution >= 4 is 23.4 Å². The molecule has 8 heteroatoms. The number of likely N-dealkylation sites (N-methyl/N-ethyl adjacent to an activating group) is 1. The number of carbonyl (C=O) groups is 3. The molecule has 1 saturated heterocycles. The Kier molecular flexibility index (Phi) is 7.79. The molecule has 3 fully saturated rings. The van der Waals surface area contributed by atoms with Gasteiger partial charge in [-0.3, -0.25) is 14.4 Å². The highest BCUT2D eigenvalue weighted by atomic mass is 16.5. The third-order valence-electron chi connectivity index (χ3n) is 8.48. The van der Waals surface area contributed by atoms with Gasteiger partial charge in [0.15, 0.2) is 0 Å². The van der Waals surface area contributed by atoms with Gasteiger partial charge in [-0.25, -0.2) is 0 Å². The molecule has 0 spiro atoms. The highest BCUT2D eigenvalue weighted by molar-refractivity contribution is 6.00. The number of benzene rings is 1. The van der Waals surface area contributed by atoms with Crippen molar-refractivity contribution < 1.29 is 23.9 Å². The number of hydrogen-bond donors (Lipinski definition) is 2. The van der Waals surface area contributed by atoms with Crippen molar-refractivity contribution in [2.24, 2.45) is 11.8 Å². The first-order chi connectivity index (χ1) is 17.5. The van der Waals surface area contributed by atoms with Crippen LogP contribution < -0.4 is 15.4 Å². The van der Waals surface area contributed by atoms with Crippen molar-refractivity contribution in [3.8, 4) is 5.75 Å². The second-order valence-electron chi connectivity index (χ2n) is 11.0. The number of hydrogen-bond acceptors (Lipinski definition) is 5. The number of fused-ring (bicyclic) bond motifs is 2. The minimum Gasteiger partial charge on any atom is -0.490 e. The topological polar surface area (TPSA) is 97.0 Å². The molecular weight excluding hydrogens is 458 g/mol. The molecule has 3 atom stereocenters. The van der Waals surface area contributed by atoms with E-state index in [1.54, 1.807) is 30.1 Å². The Morgan fingerprint density at radius 3 is 2.58 bits per heavy atom. The van der Waals surface area contributed by atoms with Gasteiger partial charge in [-0.15, -0.1) is 0 Å². The largest absolute Gasteiger partial charge is 0.490 e. The number of amides is 3. The monoisotopic (exact) mass is 497 g/mol. The summed E-state index contributed by atoms with van der Waals surface area (Å²) in [6.07, 6.45) is 10.5. The van der Waals surface area contributed by atoms with E-state index in [1.807, 2.05) is 0 Å². The van der Waals surface area contributed by atoms with Gasteiger partial charge in [-0.1, -0.05) is 25.7 Å². The van der Waals surface area contributed by atoms with Crippen LogP contribution in [0.5, 0.6) is 5.75 Å². The first-order valence-corrected chi connectivity index (χ1v) is 13.7. The second kappa shape index (κ2) is 11.2. The Balaban J connectivity index is 1.18. The molecule has 3 amide bonds. The molecule has 2 aliphatic carbocycles. The molecule has 4 aliphatic rings. The van der Waals surface area contributed by atoms with Gasteiger partial charge in [0, 0.05) is 25.2 Å². The molecule has 2 heterocycles. The number of nitrogens with one attached hydrogen (secondary N) is 2. The lowest BCUT2D eigenvalue weighted by Gasteiger charge is -2.42. The van der Waals surface area contributed by atoms with Crippen molar-refractivity contribution in [3.05, 3.63) is 23.8 Å². The lowest BCUT2D eigenvalue weighted by atomic mass is 9.85. The van der Waals surface area contributed by atoms with E-state index < -0.39 is 0 Å². The van der Waals surface area contributed by atoms with Crippen molar-refractivity contribution in [3.63, 3.8) is 0 Å². The van der Waals surface area contributed by atoms with Crippen LogP contribution >= 0.6 is 0 Å². The zero-order valence-corrected chi connectivity index (χ0v) is 21.3. The molecule has 0 unspecified atom stereocenters. The Hall–Kier alpha value is -2.61. The number of nitrogens with zero attached hydrogens (tertiary/aromatic N) is 1. The lowest BCUT2D eigenvalue weighted by molar-refractivity contribution is -0.134. The maximum atomic E-state index is 13.4. The van der Waals surface area contributed by atoms with Crippen LogP contribution in [0.25, 0.3) is 0 Å². The van der Waals surface area contributed by atoms with Gasteiger partial charge >= 0.3 is 0 Å². The summed E-state index contributed by atoms with van der Waals surface area (Å²) >= 11 is 0. The fraction of sp³-hybridized carbons (Fsp3) is 0.679. The maximum absolute atomic E-state index is 13.4. The van der Waals surface area contributed by atoms with Crippen LogP contribution in [0, 0.1) is 11.8 Å². The molecule has 2 N–H and O–H groups in total. The van der Waals surface area contributed by atoms with Crippen LogP contribution in [0.1, 0.15) is 81.0 Å². The first-order valence-electron chi connectivity index (χ1n) is 13.7. The number of carbonyl (C=O) groups excluding carboxylic acids is 3. The highest BCUT2D eigenvalue weighted by Gasteiger charge is 2.39. The number of rotatable bonds is 6. The van der Waals surface area contributed by atoms with E-state index >= 15 is 0 Å².